The maximum absolute atomic E-state index is 14.6. The minimum absolute atomic E-state index is 0.0145. The highest BCUT2D eigenvalue weighted by atomic mass is 32.2. The highest BCUT2D eigenvalue weighted by Gasteiger charge is 2.29. The summed E-state index contributed by atoms with van der Waals surface area (Å²) in [5, 5.41) is 4.87. The van der Waals surface area contributed by atoms with Gasteiger partial charge in [0.25, 0.3) is 5.56 Å². The van der Waals surface area contributed by atoms with E-state index in [4.69, 9.17) is 0 Å². The van der Waals surface area contributed by atoms with Crippen molar-refractivity contribution >= 4 is 37.5 Å². The Hall–Kier alpha value is -2.85. The quantitative estimate of drug-likeness (QED) is 0.706. The molecule has 1 aliphatic carbocycles. The van der Waals surface area contributed by atoms with Gasteiger partial charge in [0.15, 0.2) is 0 Å². The lowest BCUT2D eigenvalue weighted by molar-refractivity contribution is 0.240. The predicted molar refractivity (Wildman–Crippen MR) is 106 cm³/mol. The van der Waals surface area contributed by atoms with E-state index in [-0.39, 0.29) is 16.0 Å². The molecule has 0 fully saturated rings. The van der Waals surface area contributed by atoms with Crippen LogP contribution >= 0.6 is 0 Å². The molecule has 0 amide bonds. The number of aromatic nitrogens is 3. The molecule has 0 bridgehead atoms. The van der Waals surface area contributed by atoms with E-state index < -0.39 is 33.5 Å². The molecule has 0 radical (unpaired) electrons. The number of rotatable bonds is 3. The Morgan fingerprint density at radius 2 is 2.00 bits per heavy atom. The number of pyridine rings is 1. The van der Waals surface area contributed by atoms with Gasteiger partial charge in [-0.15, -0.1) is 0 Å². The van der Waals surface area contributed by atoms with Gasteiger partial charge in [-0.05, 0) is 44.3 Å². The second kappa shape index (κ2) is 6.33. The molecule has 0 spiro atoms. The number of fused-ring (bicyclic) bond motifs is 3. The molecule has 1 aromatic carbocycles. The Morgan fingerprint density at radius 1 is 1.28 bits per heavy atom. The SMILES string of the molecule is CNS(=O)(=O)c1ccc2c(c1)c1nn(C)cc1c(=O)n2C1=CC(C)(F)CC(F)=C1. The number of alkyl halides is 1. The van der Waals surface area contributed by atoms with Gasteiger partial charge in [-0.2, -0.15) is 5.10 Å². The molecule has 10 heteroatoms. The highest BCUT2D eigenvalue weighted by molar-refractivity contribution is 7.89. The van der Waals surface area contributed by atoms with Crippen LogP contribution in [0.1, 0.15) is 13.3 Å². The van der Waals surface area contributed by atoms with Crippen molar-refractivity contribution in [2.75, 3.05) is 7.05 Å². The highest BCUT2D eigenvalue weighted by Crippen LogP contribution is 2.34. The lowest BCUT2D eigenvalue weighted by atomic mass is 9.96. The lowest BCUT2D eigenvalue weighted by Gasteiger charge is -2.23. The first-order chi connectivity index (χ1) is 13.5. The normalized spacial score (nSPS) is 20.2. The molecule has 0 saturated heterocycles. The van der Waals surface area contributed by atoms with Crippen LogP contribution in [0.5, 0.6) is 0 Å². The zero-order valence-corrected chi connectivity index (χ0v) is 16.7. The summed E-state index contributed by atoms with van der Waals surface area (Å²) in [5.41, 5.74) is -1.81. The number of aryl methyl sites for hydroxylation is 1. The lowest BCUT2D eigenvalue weighted by Crippen LogP contribution is -2.25. The van der Waals surface area contributed by atoms with Crippen LogP contribution in [0, 0.1) is 0 Å². The van der Waals surface area contributed by atoms with Crippen molar-refractivity contribution in [2.45, 2.75) is 23.9 Å². The van der Waals surface area contributed by atoms with Crippen LogP contribution in [0.2, 0.25) is 0 Å². The second-order valence-electron chi connectivity index (χ2n) is 7.21. The van der Waals surface area contributed by atoms with Crippen LogP contribution in [0.4, 0.5) is 8.78 Å². The average Bonchev–Trinajstić information content (AvgIpc) is 3.02. The van der Waals surface area contributed by atoms with Gasteiger partial charge in [0, 0.05) is 25.1 Å². The van der Waals surface area contributed by atoms with Crippen molar-refractivity contribution in [2.24, 2.45) is 7.05 Å². The molecule has 4 rings (SSSR count). The van der Waals surface area contributed by atoms with Gasteiger partial charge in [-0.1, -0.05) is 0 Å². The molecule has 1 unspecified atom stereocenters. The zero-order chi connectivity index (χ0) is 21.1. The van der Waals surface area contributed by atoms with E-state index in [1.165, 1.54) is 53.7 Å². The Bertz CT molecular complexity index is 1400. The van der Waals surface area contributed by atoms with E-state index in [1.807, 2.05) is 0 Å². The van der Waals surface area contributed by atoms with Gasteiger partial charge in [0.05, 0.1) is 21.5 Å². The minimum atomic E-state index is -3.75. The number of hydrogen-bond acceptors (Lipinski definition) is 4. The third kappa shape index (κ3) is 3.18. The maximum Gasteiger partial charge on any atom is 0.266 e. The molecule has 1 N–H and O–H groups in total. The number of sulfonamides is 1. The molecule has 7 nitrogen and oxygen atoms in total. The number of benzene rings is 1. The van der Waals surface area contributed by atoms with Gasteiger partial charge in [-0.3, -0.25) is 14.0 Å². The summed E-state index contributed by atoms with van der Waals surface area (Å²) in [7, 11) is -0.827. The van der Waals surface area contributed by atoms with Crippen LogP contribution in [-0.4, -0.2) is 35.5 Å². The minimum Gasteiger partial charge on any atom is -0.276 e. The van der Waals surface area contributed by atoms with Crippen molar-refractivity contribution in [1.29, 1.82) is 0 Å². The first-order valence-electron chi connectivity index (χ1n) is 8.76. The van der Waals surface area contributed by atoms with E-state index in [2.05, 4.69) is 9.82 Å². The molecule has 2 aromatic heterocycles. The summed E-state index contributed by atoms with van der Waals surface area (Å²) in [5.74, 6) is -0.687. The second-order valence-corrected chi connectivity index (χ2v) is 9.09. The number of nitrogens with zero attached hydrogens (tertiary/aromatic N) is 3. The van der Waals surface area contributed by atoms with E-state index in [1.54, 1.807) is 7.05 Å². The monoisotopic (exact) mass is 420 g/mol. The van der Waals surface area contributed by atoms with Crippen molar-refractivity contribution in [3.63, 3.8) is 0 Å². The zero-order valence-electron chi connectivity index (χ0n) is 15.9. The summed E-state index contributed by atoms with van der Waals surface area (Å²) in [6.45, 7) is 1.23. The first-order valence-corrected chi connectivity index (χ1v) is 10.2. The molecule has 3 aromatic rings. The molecule has 0 saturated carbocycles. The van der Waals surface area contributed by atoms with Gasteiger partial charge >= 0.3 is 0 Å². The average molecular weight is 420 g/mol. The van der Waals surface area contributed by atoms with Gasteiger partial charge < -0.3 is 0 Å². The number of allylic oxidation sites excluding steroid dienone is 4. The third-order valence-corrected chi connectivity index (χ3v) is 6.24. The van der Waals surface area contributed by atoms with Gasteiger partial charge in [-0.25, -0.2) is 21.9 Å². The standard InChI is InChI=1S/C19H18F2N4O3S/c1-19(21)8-11(20)6-12(9-19)25-16-5-4-13(29(27,28)22-2)7-14(16)17-15(18(25)26)10-24(3)23-17/h4-7,9-10,22H,8H2,1-3H3. The fourth-order valence-corrected chi connectivity index (χ4v) is 4.34. The van der Waals surface area contributed by atoms with Crippen LogP contribution in [0.25, 0.3) is 27.5 Å². The van der Waals surface area contributed by atoms with Crippen molar-refractivity contribution in [3.05, 3.63) is 52.7 Å². The Labute approximate surface area is 165 Å². The van der Waals surface area contributed by atoms with Crippen molar-refractivity contribution < 1.29 is 17.2 Å². The van der Waals surface area contributed by atoms with Crippen LogP contribution in [0.15, 0.2) is 52.1 Å². The van der Waals surface area contributed by atoms with Crippen molar-refractivity contribution in [1.82, 2.24) is 19.1 Å². The topological polar surface area (TPSA) is 86.0 Å². The van der Waals surface area contributed by atoms with Crippen LogP contribution < -0.4 is 10.3 Å². The largest absolute Gasteiger partial charge is 0.276 e. The molecule has 29 heavy (non-hydrogen) atoms. The Balaban J connectivity index is 2.16. The summed E-state index contributed by atoms with van der Waals surface area (Å²) < 4.78 is 58.0. The summed E-state index contributed by atoms with van der Waals surface area (Å²) in [4.78, 5) is 13.2. The maximum atomic E-state index is 14.6. The molecular weight excluding hydrogens is 402 g/mol. The summed E-state index contributed by atoms with van der Waals surface area (Å²) in [6.07, 6.45) is 3.38. The Kier molecular flexibility index (Phi) is 4.25. The van der Waals surface area contributed by atoms with E-state index in [0.29, 0.717) is 16.4 Å². The Morgan fingerprint density at radius 3 is 2.66 bits per heavy atom. The molecule has 2 heterocycles. The summed E-state index contributed by atoms with van der Waals surface area (Å²) in [6, 6.07) is 4.16. The molecular formula is C19H18F2N4O3S. The van der Waals surface area contributed by atoms with Crippen molar-refractivity contribution in [3.8, 4) is 0 Å². The molecule has 1 aliphatic rings. The summed E-state index contributed by atoms with van der Waals surface area (Å²) >= 11 is 0. The van der Waals surface area contributed by atoms with E-state index in [0.717, 1.165) is 6.08 Å². The number of nitrogens with one attached hydrogen (secondary N) is 1. The number of halogens is 2. The van der Waals surface area contributed by atoms with Gasteiger partial charge in [0.1, 0.15) is 17.0 Å². The molecule has 152 valence electrons. The molecule has 1 atom stereocenters. The fraction of sp³-hybridized carbons (Fsp3) is 0.263. The van der Waals surface area contributed by atoms with Crippen LogP contribution in [0.3, 0.4) is 0 Å². The van der Waals surface area contributed by atoms with E-state index in [9.17, 15) is 22.0 Å². The third-order valence-electron chi connectivity index (χ3n) is 4.83. The first kappa shape index (κ1) is 19.5. The predicted octanol–water partition coefficient (Wildman–Crippen LogP) is 2.62. The van der Waals surface area contributed by atoms with E-state index >= 15 is 0 Å². The number of hydrogen-bond donors (Lipinski definition) is 1. The fourth-order valence-electron chi connectivity index (χ4n) is 3.59. The van der Waals surface area contributed by atoms with Crippen LogP contribution in [-0.2, 0) is 17.1 Å². The molecule has 0 aliphatic heterocycles. The smallest absolute Gasteiger partial charge is 0.266 e. The van der Waals surface area contributed by atoms with Gasteiger partial charge in [0.2, 0.25) is 10.0 Å².